The van der Waals surface area contributed by atoms with Crippen LogP contribution in [0.3, 0.4) is 0 Å². The molecule has 0 unspecified atom stereocenters. The maximum Gasteiger partial charge on any atom is 0.242 e. The molecule has 0 N–H and O–H groups in total. The summed E-state index contributed by atoms with van der Waals surface area (Å²) in [6.45, 7) is 4.00. The molecule has 0 aliphatic heterocycles. The third-order valence-electron chi connectivity index (χ3n) is 1.74. The average Bonchev–Trinajstić information content (AvgIpc) is 2.22. The summed E-state index contributed by atoms with van der Waals surface area (Å²) in [5, 5.41) is 0. The van der Waals surface area contributed by atoms with Crippen LogP contribution in [0.4, 0.5) is 0 Å². The van der Waals surface area contributed by atoms with Crippen LogP contribution in [0.25, 0.3) is 0 Å². The van der Waals surface area contributed by atoms with Gasteiger partial charge < -0.3 is 0 Å². The third kappa shape index (κ3) is 3.27. The number of hydrogen-bond donors (Lipinski definition) is 0. The molecule has 82 valence electrons. The van der Waals surface area contributed by atoms with Crippen molar-refractivity contribution in [2.45, 2.75) is 26.7 Å². The van der Waals surface area contributed by atoms with Gasteiger partial charge in [-0.05, 0) is 18.9 Å². The van der Waals surface area contributed by atoms with Gasteiger partial charge in [0.05, 0.1) is 4.91 Å². The van der Waals surface area contributed by atoms with Gasteiger partial charge in [-0.3, -0.25) is 0 Å². The second-order valence-electron chi connectivity index (χ2n) is 2.87. The predicted molar refractivity (Wildman–Crippen MR) is 60.4 cm³/mol. The van der Waals surface area contributed by atoms with Gasteiger partial charge in [-0.25, -0.2) is 12.7 Å². The minimum absolute atomic E-state index is 0.416. The van der Waals surface area contributed by atoms with E-state index in [9.17, 15) is 8.42 Å². The molecule has 3 nitrogen and oxygen atoms in total. The van der Waals surface area contributed by atoms with Crippen molar-refractivity contribution in [3.8, 4) is 0 Å². The highest BCUT2D eigenvalue weighted by molar-refractivity contribution is 7.93. The van der Waals surface area contributed by atoms with Gasteiger partial charge in [0.1, 0.15) is 0 Å². The van der Waals surface area contributed by atoms with Crippen molar-refractivity contribution < 1.29 is 8.42 Å². The minimum Gasteiger partial charge on any atom is -0.207 e. The molecular weight excluding hydrogens is 198 g/mol. The van der Waals surface area contributed by atoms with E-state index in [0.29, 0.717) is 4.91 Å². The molecule has 1 aliphatic carbocycles. The summed E-state index contributed by atoms with van der Waals surface area (Å²) in [6, 6.07) is 0. The lowest BCUT2D eigenvalue weighted by Gasteiger charge is -2.13. The molecule has 0 bridgehead atoms. The lowest BCUT2D eigenvalue weighted by molar-refractivity contribution is 0.528. The zero-order valence-corrected chi connectivity index (χ0v) is 10.1. The summed E-state index contributed by atoms with van der Waals surface area (Å²) < 4.78 is 24.2. The average molecular weight is 217 g/mol. The fourth-order valence-corrected chi connectivity index (χ4v) is 2.01. The summed E-state index contributed by atoms with van der Waals surface area (Å²) in [5.41, 5.74) is 0. The lowest BCUT2D eigenvalue weighted by atomic mass is 10.2. The highest BCUT2D eigenvalue weighted by Gasteiger charge is 2.18. The maximum atomic E-state index is 11.5. The second-order valence-corrected chi connectivity index (χ2v) is 5.03. The van der Waals surface area contributed by atoms with Crippen molar-refractivity contribution in [2.75, 3.05) is 14.1 Å². The molecule has 0 radical (unpaired) electrons. The Morgan fingerprint density at radius 2 is 1.79 bits per heavy atom. The molecule has 0 saturated heterocycles. The molecule has 0 saturated carbocycles. The number of sulfonamides is 1. The summed E-state index contributed by atoms with van der Waals surface area (Å²) in [6.07, 6.45) is 7.07. The number of allylic oxidation sites excluding steroid dienone is 3. The van der Waals surface area contributed by atoms with Crippen LogP contribution in [0, 0.1) is 0 Å². The fraction of sp³-hybridized carbons (Fsp3) is 0.600. The topological polar surface area (TPSA) is 37.4 Å². The molecule has 1 aliphatic rings. The molecule has 0 atom stereocenters. The fourth-order valence-electron chi connectivity index (χ4n) is 0.991. The first-order valence-electron chi connectivity index (χ1n) is 4.84. The first kappa shape index (κ1) is 13.4. The summed E-state index contributed by atoms with van der Waals surface area (Å²) in [7, 11) is -0.112. The van der Waals surface area contributed by atoms with E-state index in [-0.39, 0.29) is 0 Å². The predicted octanol–water partition coefficient (Wildman–Crippen LogP) is 2.14. The van der Waals surface area contributed by atoms with Crippen molar-refractivity contribution in [2.24, 2.45) is 0 Å². The van der Waals surface area contributed by atoms with Crippen molar-refractivity contribution >= 4 is 10.0 Å². The van der Waals surface area contributed by atoms with E-state index < -0.39 is 10.0 Å². The Bertz CT molecular complexity index is 313. The van der Waals surface area contributed by atoms with Crippen LogP contribution in [0.5, 0.6) is 0 Å². The van der Waals surface area contributed by atoms with Crippen LogP contribution in [0.2, 0.25) is 0 Å². The first-order chi connectivity index (χ1) is 6.55. The van der Waals surface area contributed by atoms with Crippen molar-refractivity contribution in [1.82, 2.24) is 4.31 Å². The van der Waals surface area contributed by atoms with Crippen LogP contribution in [0.1, 0.15) is 26.7 Å². The highest BCUT2D eigenvalue weighted by atomic mass is 32.2. The van der Waals surface area contributed by atoms with Crippen molar-refractivity contribution in [3.05, 3.63) is 23.1 Å². The Morgan fingerprint density at radius 3 is 2.14 bits per heavy atom. The second kappa shape index (κ2) is 5.98. The van der Waals surface area contributed by atoms with Crippen molar-refractivity contribution in [3.63, 3.8) is 0 Å². The standard InChI is InChI=1S/C8H13NO2S.C2H6/c1-9(2)12(10,11)8-6-4-3-5-7-8;1-2/h4,6-7H,3,5H2,1-2H3;1-2H3. The monoisotopic (exact) mass is 217 g/mol. The van der Waals surface area contributed by atoms with Crippen LogP contribution >= 0.6 is 0 Å². The molecule has 0 aromatic rings. The summed E-state index contributed by atoms with van der Waals surface area (Å²) in [5.74, 6) is 0. The Kier molecular flexibility index (Phi) is 5.72. The molecule has 0 fully saturated rings. The van der Waals surface area contributed by atoms with Crippen LogP contribution in [0.15, 0.2) is 23.1 Å². The lowest BCUT2D eigenvalue weighted by Crippen LogP contribution is -2.23. The Hall–Kier alpha value is -0.610. The molecule has 0 aromatic heterocycles. The van der Waals surface area contributed by atoms with E-state index in [0.717, 1.165) is 12.8 Å². The van der Waals surface area contributed by atoms with Gasteiger partial charge in [-0.1, -0.05) is 26.0 Å². The Balaban J connectivity index is 0.000000791. The molecule has 0 spiro atoms. The van der Waals surface area contributed by atoms with E-state index in [1.165, 1.54) is 4.31 Å². The highest BCUT2D eigenvalue weighted by Crippen LogP contribution is 2.17. The van der Waals surface area contributed by atoms with Gasteiger partial charge in [-0.15, -0.1) is 0 Å². The zero-order valence-electron chi connectivity index (χ0n) is 9.32. The normalized spacial score (nSPS) is 15.9. The van der Waals surface area contributed by atoms with Crippen molar-refractivity contribution in [1.29, 1.82) is 0 Å². The molecule has 14 heavy (non-hydrogen) atoms. The van der Waals surface area contributed by atoms with Gasteiger partial charge in [0.2, 0.25) is 10.0 Å². The van der Waals surface area contributed by atoms with Gasteiger partial charge in [0.25, 0.3) is 0 Å². The largest absolute Gasteiger partial charge is 0.242 e. The van der Waals surface area contributed by atoms with Gasteiger partial charge in [0, 0.05) is 14.1 Å². The van der Waals surface area contributed by atoms with Gasteiger partial charge >= 0.3 is 0 Å². The molecule has 1 rings (SSSR count). The molecular formula is C10H19NO2S. The van der Waals surface area contributed by atoms with Crippen LogP contribution in [-0.4, -0.2) is 26.8 Å². The summed E-state index contributed by atoms with van der Waals surface area (Å²) in [4.78, 5) is 0.416. The quantitative estimate of drug-likeness (QED) is 0.710. The van der Waals surface area contributed by atoms with E-state index in [4.69, 9.17) is 0 Å². The van der Waals surface area contributed by atoms with Gasteiger partial charge in [-0.2, -0.15) is 0 Å². The Morgan fingerprint density at radius 1 is 1.21 bits per heavy atom. The van der Waals surface area contributed by atoms with Crippen LogP contribution < -0.4 is 0 Å². The van der Waals surface area contributed by atoms with Crippen LogP contribution in [-0.2, 0) is 10.0 Å². The van der Waals surface area contributed by atoms with E-state index >= 15 is 0 Å². The van der Waals surface area contributed by atoms with E-state index in [1.807, 2.05) is 19.9 Å². The minimum atomic E-state index is -3.19. The SMILES string of the molecule is CC.CN(C)S(=O)(=O)C1=CCCC=C1. The Labute approximate surface area is 87.2 Å². The molecule has 4 heteroatoms. The molecule has 0 heterocycles. The van der Waals surface area contributed by atoms with E-state index in [1.54, 1.807) is 26.2 Å². The smallest absolute Gasteiger partial charge is 0.207 e. The zero-order chi connectivity index (χ0) is 11.2. The van der Waals surface area contributed by atoms with E-state index in [2.05, 4.69) is 0 Å². The maximum absolute atomic E-state index is 11.5. The number of nitrogens with zero attached hydrogens (tertiary/aromatic N) is 1. The number of rotatable bonds is 2. The summed E-state index contributed by atoms with van der Waals surface area (Å²) >= 11 is 0. The molecule has 0 amide bonds. The number of hydrogen-bond acceptors (Lipinski definition) is 2. The first-order valence-corrected chi connectivity index (χ1v) is 6.28. The molecule has 0 aromatic carbocycles. The third-order valence-corrected chi connectivity index (χ3v) is 3.60. The van der Waals surface area contributed by atoms with Gasteiger partial charge in [0.15, 0.2) is 0 Å².